The molecule has 0 saturated carbocycles. The number of hydrogen-bond acceptors (Lipinski definition) is 4. The van der Waals surface area contributed by atoms with Gasteiger partial charge in [-0.3, -0.25) is 4.79 Å². The van der Waals surface area contributed by atoms with Gasteiger partial charge in [0, 0.05) is 26.1 Å². The highest BCUT2D eigenvalue weighted by atomic mass is 19.1. The SMILES string of the molecule is CC(=O)NCCNc1cc(F)ncn1. The average molecular weight is 198 g/mol. The first-order chi connectivity index (χ1) is 6.68. The molecule has 5 nitrogen and oxygen atoms in total. The van der Waals surface area contributed by atoms with Crippen LogP contribution in [0.1, 0.15) is 6.92 Å². The molecule has 76 valence electrons. The van der Waals surface area contributed by atoms with Crippen molar-refractivity contribution in [2.45, 2.75) is 6.92 Å². The van der Waals surface area contributed by atoms with Crippen LogP contribution in [0, 0.1) is 5.95 Å². The van der Waals surface area contributed by atoms with Crippen LogP contribution >= 0.6 is 0 Å². The molecule has 1 aromatic heterocycles. The van der Waals surface area contributed by atoms with Crippen molar-refractivity contribution >= 4 is 11.7 Å². The predicted molar refractivity (Wildman–Crippen MR) is 49.2 cm³/mol. The van der Waals surface area contributed by atoms with E-state index in [1.165, 1.54) is 13.0 Å². The van der Waals surface area contributed by atoms with E-state index < -0.39 is 5.95 Å². The zero-order valence-electron chi connectivity index (χ0n) is 7.75. The van der Waals surface area contributed by atoms with Gasteiger partial charge in [0.1, 0.15) is 12.1 Å². The van der Waals surface area contributed by atoms with Gasteiger partial charge in [-0.25, -0.2) is 9.97 Å². The third kappa shape index (κ3) is 3.79. The third-order valence-electron chi connectivity index (χ3n) is 1.44. The minimum Gasteiger partial charge on any atom is -0.368 e. The highest BCUT2D eigenvalue weighted by molar-refractivity contribution is 5.72. The number of rotatable bonds is 4. The van der Waals surface area contributed by atoms with Crippen molar-refractivity contribution in [3.8, 4) is 0 Å². The van der Waals surface area contributed by atoms with Crippen molar-refractivity contribution in [2.24, 2.45) is 0 Å². The molecule has 6 heteroatoms. The summed E-state index contributed by atoms with van der Waals surface area (Å²) in [6.07, 6.45) is 1.13. The molecule has 0 atom stereocenters. The molecular formula is C8H11FN4O. The minimum absolute atomic E-state index is 0.0966. The quantitative estimate of drug-likeness (QED) is 0.534. The van der Waals surface area contributed by atoms with Crippen LogP contribution < -0.4 is 10.6 Å². The minimum atomic E-state index is -0.581. The lowest BCUT2D eigenvalue weighted by molar-refractivity contribution is -0.118. The van der Waals surface area contributed by atoms with Crippen LogP contribution in [0.3, 0.4) is 0 Å². The first-order valence-corrected chi connectivity index (χ1v) is 4.14. The van der Waals surface area contributed by atoms with Gasteiger partial charge >= 0.3 is 0 Å². The standard InChI is InChI=1S/C8H11FN4O/c1-6(14)10-2-3-11-8-4-7(9)12-5-13-8/h4-5H,2-3H2,1H3,(H,10,14)(H,11,12,13). The Balaban J connectivity index is 2.28. The molecule has 0 aromatic carbocycles. The summed E-state index contributed by atoms with van der Waals surface area (Å²) in [4.78, 5) is 17.6. The molecule has 0 aliphatic carbocycles. The molecule has 1 aromatic rings. The van der Waals surface area contributed by atoms with Crippen molar-refractivity contribution < 1.29 is 9.18 Å². The molecule has 1 amide bonds. The zero-order valence-corrected chi connectivity index (χ0v) is 7.75. The molecule has 2 N–H and O–H groups in total. The Morgan fingerprint density at radius 2 is 2.29 bits per heavy atom. The predicted octanol–water partition coefficient (Wildman–Crippen LogP) is 0.164. The Labute approximate surface area is 80.8 Å². The van der Waals surface area contributed by atoms with E-state index in [2.05, 4.69) is 20.6 Å². The summed E-state index contributed by atoms with van der Waals surface area (Å²) in [7, 11) is 0. The first kappa shape index (κ1) is 10.4. The van der Waals surface area contributed by atoms with Crippen LogP contribution in [0.4, 0.5) is 10.2 Å². The van der Waals surface area contributed by atoms with Crippen LogP contribution in [-0.2, 0) is 4.79 Å². The topological polar surface area (TPSA) is 66.9 Å². The summed E-state index contributed by atoms with van der Waals surface area (Å²) < 4.78 is 12.5. The summed E-state index contributed by atoms with van der Waals surface area (Å²) in [5.74, 6) is -0.273. The normalized spacial score (nSPS) is 9.57. The molecule has 14 heavy (non-hydrogen) atoms. The van der Waals surface area contributed by atoms with Crippen molar-refractivity contribution in [3.63, 3.8) is 0 Å². The molecule has 0 bridgehead atoms. The molecule has 0 aliphatic heterocycles. The maximum absolute atomic E-state index is 12.5. The number of nitrogens with one attached hydrogen (secondary N) is 2. The maximum atomic E-state index is 12.5. The van der Waals surface area contributed by atoms with Gasteiger partial charge in [0.2, 0.25) is 11.9 Å². The Bertz CT molecular complexity index is 318. The van der Waals surface area contributed by atoms with Crippen LogP contribution in [0.25, 0.3) is 0 Å². The zero-order chi connectivity index (χ0) is 10.4. The van der Waals surface area contributed by atoms with E-state index in [9.17, 15) is 9.18 Å². The summed E-state index contributed by atoms with van der Waals surface area (Å²) in [6.45, 7) is 2.40. The molecule has 0 spiro atoms. The second kappa shape index (κ2) is 5.11. The summed E-state index contributed by atoms with van der Waals surface area (Å²) >= 11 is 0. The van der Waals surface area contributed by atoms with Gasteiger partial charge in [0.15, 0.2) is 0 Å². The van der Waals surface area contributed by atoms with E-state index in [1.54, 1.807) is 0 Å². The number of carbonyl (C=O) groups excluding carboxylic acids is 1. The molecule has 1 heterocycles. The Morgan fingerprint density at radius 3 is 2.93 bits per heavy atom. The van der Waals surface area contributed by atoms with Crippen LogP contribution in [-0.4, -0.2) is 29.0 Å². The lowest BCUT2D eigenvalue weighted by atomic mass is 10.5. The van der Waals surface area contributed by atoms with Crippen LogP contribution in [0.5, 0.6) is 0 Å². The van der Waals surface area contributed by atoms with Gasteiger partial charge < -0.3 is 10.6 Å². The van der Waals surface area contributed by atoms with E-state index >= 15 is 0 Å². The molecule has 1 rings (SSSR count). The summed E-state index contributed by atoms with van der Waals surface area (Å²) in [5, 5.41) is 5.43. The fourth-order valence-corrected chi connectivity index (χ4v) is 0.859. The first-order valence-electron chi connectivity index (χ1n) is 4.14. The third-order valence-corrected chi connectivity index (χ3v) is 1.44. The van der Waals surface area contributed by atoms with Crippen LogP contribution in [0.15, 0.2) is 12.4 Å². The van der Waals surface area contributed by atoms with Crippen molar-refractivity contribution in [1.29, 1.82) is 0 Å². The van der Waals surface area contributed by atoms with Gasteiger partial charge in [0.25, 0.3) is 0 Å². The summed E-state index contributed by atoms with van der Waals surface area (Å²) in [5.41, 5.74) is 0. The molecule has 0 radical (unpaired) electrons. The lowest BCUT2D eigenvalue weighted by Gasteiger charge is -2.04. The molecular weight excluding hydrogens is 187 g/mol. The number of nitrogens with zero attached hydrogens (tertiary/aromatic N) is 2. The summed E-state index contributed by atoms with van der Waals surface area (Å²) in [6, 6.07) is 1.19. The Morgan fingerprint density at radius 1 is 1.50 bits per heavy atom. The van der Waals surface area contributed by atoms with Crippen molar-refractivity contribution in [1.82, 2.24) is 15.3 Å². The van der Waals surface area contributed by atoms with Gasteiger partial charge in [-0.15, -0.1) is 0 Å². The van der Waals surface area contributed by atoms with Gasteiger partial charge in [0.05, 0.1) is 0 Å². The van der Waals surface area contributed by atoms with E-state index in [-0.39, 0.29) is 5.91 Å². The van der Waals surface area contributed by atoms with E-state index in [1.807, 2.05) is 0 Å². The van der Waals surface area contributed by atoms with E-state index in [4.69, 9.17) is 0 Å². The van der Waals surface area contributed by atoms with Gasteiger partial charge in [-0.1, -0.05) is 0 Å². The second-order valence-corrected chi connectivity index (χ2v) is 2.64. The molecule has 0 saturated heterocycles. The van der Waals surface area contributed by atoms with Crippen molar-refractivity contribution in [3.05, 3.63) is 18.3 Å². The fraction of sp³-hybridized carbons (Fsp3) is 0.375. The number of carbonyl (C=O) groups is 1. The van der Waals surface area contributed by atoms with Gasteiger partial charge in [-0.05, 0) is 0 Å². The molecule has 0 fully saturated rings. The van der Waals surface area contributed by atoms with Crippen LogP contribution in [0.2, 0.25) is 0 Å². The highest BCUT2D eigenvalue weighted by Crippen LogP contribution is 2.00. The number of amides is 1. The maximum Gasteiger partial charge on any atom is 0.217 e. The Kier molecular flexibility index (Phi) is 3.78. The second-order valence-electron chi connectivity index (χ2n) is 2.64. The average Bonchev–Trinajstić information content (AvgIpc) is 2.12. The van der Waals surface area contributed by atoms with Gasteiger partial charge in [-0.2, -0.15) is 4.39 Å². The molecule has 0 unspecified atom stereocenters. The fourth-order valence-electron chi connectivity index (χ4n) is 0.859. The van der Waals surface area contributed by atoms with E-state index in [0.717, 1.165) is 6.33 Å². The smallest absolute Gasteiger partial charge is 0.217 e. The lowest BCUT2D eigenvalue weighted by Crippen LogP contribution is -2.26. The molecule has 0 aliphatic rings. The monoisotopic (exact) mass is 198 g/mol. The largest absolute Gasteiger partial charge is 0.368 e. The number of hydrogen-bond donors (Lipinski definition) is 2. The van der Waals surface area contributed by atoms with Crippen molar-refractivity contribution in [2.75, 3.05) is 18.4 Å². The number of halogens is 1. The number of aromatic nitrogens is 2. The van der Waals surface area contributed by atoms with E-state index in [0.29, 0.717) is 18.9 Å². The highest BCUT2D eigenvalue weighted by Gasteiger charge is 1.96. The number of anilines is 1. The Hall–Kier alpha value is -1.72.